The third-order valence-corrected chi connectivity index (χ3v) is 3.92. The molecule has 25 heavy (non-hydrogen) atoms. The lowest BCUT2D eigenvalue weighted by atomic mass is 10.1. The summed E-state index contributed by atoms with van der Waals surface area (Å²) in [6.07, 6.45) is -0.345. The summed E-state index contributed by atoms with van der Waals surface area (Å²) in [4.78, 5) is 30.5. The highest BCUT2D eigenvalue weighted by atomic mass is 16.6. The molecule has 0 saturated carbocycles. The van der Waals surface area contributed by atoms with Crippen molar-refractivity contribution in [3.63, 3.8) is 0 Å². The fourth-order valence-electron chi connectivity index (χ4n) is 3.00. The van der Waals surface area contributed by atoms with Crippen molar-refractivity contribution in [2.24, 2.45) is 0 Å². The zero-order valence-corrected chi connectivity index (χ0v) is 15.2. The third-order valence-electron chi connectivity index (χ3n) is 3.92. The highest BCUT2D eigenvalue weighted by Gasteiger charge is 2.35. The van der Waals surface area contributed by atoms with Crippen molar-refractivity contribution in [3.05, 3.63) is 22.2 Å². The maximum Gasteiger partial charge on any atom is 0.410 e. The number of nitrogens with zero attached hydrogens (tertiary/aromatic N) is 4. The van der Waals surface area contributed by atoms with Crippen molar-refractivity contribution < 1.29 is 14.5 Å². The van der Waals surface area contributed by atoms with E-state index in [0.29, 0.717) is 18.9 Å². The van der Waals surface area contributed by atoms with Crippen LogP contribution in [0.15, 0.2) is 12.1 Å². The van der Waals surface area contributed by atoms with Gasteiger partial charge >= 0.3 is 11.8 Å². The number of amides is 1. The number of nitro groups is 1. The third kappa shape index (κ3) is 4.28. The molecule has 1 aliphatic rings. The average Bonchev–Trinajstić information content (AvgIpc) is 2.44. The summed E-state index contributed by atoms with van der Waals surface area (Å²) in [5, 5.41) is 10.9. The van der Waals surface area contributed by atoms with E-state index >= 15 is 0 Å². The summed E-state index contributed by atoms with van der Waals surface area (Å²) >= 11 is 0. The molecule has 2 heterocycles. The van der Waals surface area contributed by atoms with E-state index in [9.17, 15) is 14.9 Å². The number of anilines is 2. The van der Waals surface area contributed by atoms with Gasteiger partial charge in [0.2, 0.25) is 5.82 Å². The maximum absolute atomic E-state index is 12.3. The van der Waals surface area contributed by atoms with E-state index in [1.54, 1.807) is 11.0 Å². The van der Waals surface area contributed by atoms with Crippen LogP contribution in [-0.4, -0.2) is 51.7 Å². The Balaban J connectivity index is 2.17. The molecule has 2 rings (SSSR count). The zero-order valence-electron chi connectivity index (χ0n) is 15.2. The molecule has 138 valence electrons. The maximum atomic E-state index is 12.3. The Kier molecular flexibility index (Phi) is 5.05. The molecular weight excluding hydrogens is 326 g/mol. The first-order chi connectivity index (χ1) is 11.5. The van der Waals surface area contributed by atoms with Crippen molar-refractivity contribution in [2.45, 2.75) is 52.3 Å². The minimum absolute atomic E-state index is 0.0374. The van der Waals surface area contributed by atoms with Crippen LogP contribution in [0.5, 0.6) is 0 Å². The Morgan fingerprint density at radius 1 is 1.32 bits per heavy atom. The van der Waals surface area contributed by atoms with E-state index in [1.807, 2.05) is 39.5 Å². The normalized spacial score (nSPS) is 21.2. The quantitative estimate of drug-likeness (QED) is 0.642. The van der Waals surface area contributed by atoms with Gasteiger partial charge in [0, 0.05) is 31.2 Å². The molecule has 9 nitrogen and oxygen atoms in total. The predicted octanol–water partition coefficient (Wildman–Crippen LogP) is 2.41. The van der Waals surface area contributed by atoms with E-state index in [-0.39, 0.29) is 29.7 Å². The first kappa shape index (κ1) is 18.8. The Morgan fingerprint density at radius 3 is 2.32 bits per heavy atom. The zero-order chi connectivity index (χ0) is 18.9. The number of aromatic nitrogens is 1. The molecule has 0 radical (unpaired) electrons. The summed E-state index contributed by atoms with van der Waals surface area (Å²) in [5.41, 5.74) is 4.94. The Labute approximate surface area is 146 Å². The highest BCUT2D eigenvalue weighted by Crippen LogP contribution is 2.28. The van der Waals surface area contributed by atoms with Crippen LogP contribution in [0.3, 0.4) is 0 Å². The topological polar surface area (TPSA) is 115 Å². The molecule has 0 aromatic carbocycles. The standard InChI is InChI=1S/C16H25N5O4/c1-10-8-19(15(22)25-16(3,4)5)9-11(2)20(10)13-7-6-12(21(23)24)14(17)18-13/h6-7,10-11H,8-9H2,1-5H3,(H2,17,18)/t10-,11-/m1/s1. The molecule has 9 heteroatoms. The molecule has 1 fully saturated rings. The summed E-state index contributed by atoms with van der Waals surface area (Å²) in [6.45, 7) is 10.4. The van der Waals surface area contributed by atoms with Crippen LogP contribution >= 0.6 is 0 Å². The number of hydrogen-bond acceptors (Lipinski definition) is 7. The lowest BCUT2D eigenvalue weighted by Gasteiger charge is -2.45. The molecule has 2 atom stereocenters. The van der Waals surface area contributed by atoms with Crippen LogP contribution in [0.25, 0.3) is 0 Å². The number of carbonyl (C=O) groups is 1. The number of nitrogen functional groups attached to an aromatic ring is 1. The van der Waals surface area contributed by atoms with Crippen LogP contribution in [0.4, 0.5) is 22.1 Å². The van der Waals surface area contributed by atoms with E-state index in [4.69, 9.17) is 10.5 Å². The first-order valence-corrected chi connectivity index (χ1v) is 8.16. The number of ether oxygens (including phenoxy) is 1. The number of pyridine rings is 1. The second kappa shape index (κ2) is 6.73. The number of nitrogens with two attached hydrogens (primary N) is 1. The average molecular weight is 351 g/mol. The van der Waals surface area contributed by atoms with Gasteiger partial charge < -0.3 is 20.3 Å². The lowest BCUT2D eigenvalue weighted by Crippen LogP contribution is -2.59. The number of piperazine rings is 1. The van der Waals surface area contributed by atoms with Crippen molar-refractivity contribution in [2.75, 3.05) is 23.7 Å². The van der Waals surface area contributed by atoms with Gasteiger partial charge in [-0.1, -0.05) is 0 Å². The lowest BCUT2D eigenvalue weighted by molar-refractivity contribution is -0.384. The second-order valence-corrected chi connectivity index (χ2v) is 7.32. The molecule has 0 bridgehead atoms. The van der Waals surface area contributed by atoms with Crippen LogP contribution < -0.4 is 10.6 Å². The van der Waals surface area contributed by atoms with Gasteiger partial charge in [0.25, 0.3) is 0 Å². The summed E-state index contributed by atoms with van der Waals surface area (Å²) < 4.78 is 5.43. The molecule has 0 spiro atoms. The van der Waals surface area contributed by atoms with Gasteiger partial charge in [0.1, 0.15) is 11.4 Å². The van der Waals surface area contributed by atoms with E-state index in [0.717, 1.165) is 0 Å². The molecule has 1 amide bonds. The summed E-state index contributed by atoms with van der Waals surface area (Å²) in [6, 6.07) is 2.87. The fourth-order valence-corrected chi connectivity index (χ4v) is 3.00. The molecule has 1 saturated heterocycles. The van der Waals surface area contributed by atoms with Crippen LogP contribution in [0.1, 0.15) is 34.6 Å². The van der Waals surface area contributed by atoms with Gasteiger partial charge in [-0.05, 0) is 40.7 Å². The van der Waals surface area contributed by atoms with E-state index < -0.39 is 10.5 Å². The van der Waals surface area contributed by atoms with Crippen LogP contribution in [-0.2, 0) is 4.74 Å². The van der Waals surface area contributed by atoms with Gasteiger partial charge in [0.15, 0.2) is 0 Å². The van der Waals surface area contributed by atoms with Gasteiger partial charge in [-0.3, -0.25) is 10.1 Å². The minimum Gasteiger partial charge on any atom is -0.444 e. The van der Waals surface area contributed by atoms with E-state index in [1.165, 1.54) is 6.07 Å². The Bertz CT molecular complexity index is 661. The molecule has 2 N–H and O–H groups in total. The van der Waals surface area contributed by atoms with Crippen LogP contribution in [0, 0.1) is 10.1 Å². The number of carbonyl (C=O) groups excluding carboxylic acids is 1. The predicted molar refractivity (Wildman–Crippen MR) is 94.5 cm³/mol. The Hall–Kier alpha value is -2.58. The minimum atomic E-state index is -0.556. The van der Waals surface area contributed by atoms with Gasteiger partial charge in [-0.25, -0.2) is 9.78 Å². The number of hydrogen-bond donors (Lipinski definition) is 1. The SMILES string of the molecule is C[C@@H]1CN(C(=O)OC(C)(C)C)C[C@@H](C)N1c1ccc([N+](=O)[O-])c(N)n1. The monoisotopic (exact) mass is 351 g/mol. The molecular formula is C16H25N5O4. The van der Waals surface area contributed by atoms with Crippen molar-refractivity contribution in [3.8, 4) is 0 Å². The smallest absolute Gasteiger partial charge is 0.410 e. The van der Waals surface area contributed by atoms with Crippen molar-refractivity contribution >= 4 is 23.4 Å². The highest BCUT2D eigenvalue weighted by molar-refractivity contribution is 5.69. The van der Waals surface area contributed by atoms with Crippen LogP contribution in [0.2, 0.25) is 0 Å². The molecule has 1 aromatic heterocycles. The molecule has 0 aliphatic carbocycles. The van der Waals surface area contributed by atoms with Crippen molar-refractivity contribution in [1.82, 2.24) is 9.88 Å². The second-order valence-electron chi connectivity index (χ2n) is 7.32. The van der Waals surface area contributed by atoms with Gasteiger partial charge in [0.05, 0.1) is 4.92 Å². The molecule has 1 aliphatic heterocycles. The summed E-state index contributed by atoms with van der Waals surface area (Å²) in [5.74, 6) is 0.448. The largest absolute Gasteiger partial charge is 0.444 e. The molecule has 1 aromatic rings. The Morgan fingerprint density at radius 2 is 1.88 bits per heavy atom. The van der Waals surface area contributed by atoms with E-state index in [2.05, 4.69) is 4.98 Å². The van der Waals surface area contributed by atoms with Gasteiger partial charge in [-0.15, -0.1) is 0 Å². The summed E-state index contributed by atoms with van der Waals surface area (Å²) in [7, 11) is 0. The molecule has 0 unspecified atom stereocenters. The van der Waals surface area contributed by atoms with Crippen molar-refractivity contribution in [1.29, 1.82) is 0 Å². The number of rotatable bonds is 2. The van der Waals surface area contributed by atoms with Gasteiger partial charge in [-0.2, -0.15) is 0 Å². The first-order valence-electron chi connectivity index (χ1n) is 8.16. The fraction of sp³-hybridized carbons (Fsp3) is 0.625.